The molecule has 0 bridgehead atoms. The molecule has 3 aromatic carbocycles. The molecule has 1 heterocycles. The number of aromatic hydroxyl groups is 1. The van der Waals surface area contributed by atoms with E-state index in [1.54, 1.807) is 36.4 Å². The summed E-state index contributed by atoms with van der Waals surface area (Å²) in [5.41, 5.74) is 2.10. The molecular weight excluding hydrogens is 378 g/mol. The van der Waals surface area contributed by atoms with E-state index in [4.69, 9.17) is 0 Å². The average Bonchev–Trinajstić information content (AvgIpc) is 3.03. The lowest BCUT2D eigenvalue weighted by molar-refractivity contribution is -0.139. The Bertz CT molecular complexity index is 1110. The second-order valence-corrected chi connectivity index (χ2v) is 7.19. The zero-order chi connectivity index (χ0) is 21.1. The van der Waals surface area contributed by atoms with Crippen LogP contribution in [0.5, 0.6) is 5.75 Å². The molecule has 30 heavy (non-hydrogen) atoms. The SMILES string of the molecule is O=C1C(=O)N(CCc2ccccc2)C(c2cccc(O)c2)/C1=C(\O)c1ccccc1. The van der Waals surface area contributed by atoms with Crippen molar-refractivity contribution >= 4 is 17.4 Å². The molecule has 1 aliphatic rings. The van der Waals surface area contributed by atoms with Crippen molar-refractivity contribution in [2.45, 2.75) is 12.5 Å². The van der Waals surface area contributed by atoms with E-state index in [2.05, 4.69) is 0 Å². The van der Waals surface area contributed by atoms with Crippen LogP contribution in [0.15, 0.2) is 90.5 Å². The molecule has 1 atom stereocenters. The molecule has 150 valence electrons. The second kappa shape index (κ2) is 8.25. The van der Waals surface area contributed by atoms with E-state index in [9.17, 15) is 19.8 Å². The van der Waals surface area contributed by atoms with Crippen LogP contribution in [0.2, 0.25) is 0 Å². The highest BCUT2D eigenvalue weighted by atomic mass is 16.3. The van der Waals surface area contributed by atoms with Crippen LogP contribution in [0.25, 0.3) is 5.76 Å². The monoisotopic (exact) mass is 399 g/mol. The molecule has 3 aromatic rings. The molecule has 1 fully saturated rings. The fourth-order valence-electron chi connectivity index (χ4n) is 3.80. The van der Waals surface area contributed by atoms with E-state index >= 15 is 0 Å². The third kappa shape index (κ3) is 3.70. The summed E-state index contributed by atoms with van der Waals surface area (Å²) in [6, 6.07) is 24.0. The summed E-state index contributed by atoms with van der Waals surface area (Å²) >= 11 is 0. The van der Waals surface area contributed by atoms with Crippen molar-refractivity contribution in [1.29, 1.82) is 0 Å². The number of hydrogen-bond acceptors (Lipinski definition) is 4. The van der Waals surface area contributed by atoms with Crippen LogP contribution in [0.1, 0.15) is 22.7 Å². The largest absolute Gasteiger partial charge is 0.508 e. The van der Waals surface area contributed by atoms with Crippen LogP contribution >= 0.6 is 0 Å². The van der Waals surface area contributed by atoms with E-state index in [1.165, 1.54) is 17.0 Å². The number of aliphatic hydroxyl groups excluding tert-OH is 1. The Kier molecular flexibility index (Phi) is 5.35. The van der Waals surface area contributed by atoms with Gasteiger partial charge in [-0.1, -0.05) is 72.8 Å². The molecule has 0 radical (unpaired) electrons. The van der Waals surface area contributed by atoms with E-state index in [0.29, 0.717) is 24.1 Å². The van der Waals surface area contributed by atoms with Crippen LogP contribution in [-0.2, 0) is 16.0 Å². The van der Waals surface area contributed by atoms with Gasteiger partial charge in [-0.15, -0.1) is 0 Å². The number of carbonyl (C=O) groups is 2. The fraction of sp³-hybridized carbons (Fsp3) is 0.120. The zero-order valence-corrected chi connectivity index (χ0v) is 16.2. The van der Waals surface area contributed by atoms with E-state index in [0.717, 1.165) is 5.56 Å². The lowest BCUT2D eigenvalue weighted by atomic mass is 9.95. The van der Waals surface area contributed by atoms with Gasteiger partial charge in [0.2, 0.25) is 0 Å². The Morgan fingerprint density at radius 2 is 1.53 bits per heavy atom. The van der Waals surface area contributed by atoms with Gasteiger partial charge in [0, 0.05) is 12.1 Å². The van der Waals surface area contributed by atoms with Crippen molar-refractivity contribution in [3.8, 4) is 5.75 Å². The number of hydrogen-bond donors (Lipinski definition) is 2. The number of amides is 1. The number of carbonyl (C=O) groups excluding carboxylic acids is 2. The normalized spacial score (nSPS) is 18.0. The maximum atomic E-state index is 12.9. The number of phenols is 1. The van der Waals surface area contributed by atoms with Crippen LogP contribution in [-0.4, -0.2) is 33.3 Å². The topological polar surface area (TPSA) is 77.8 Å². The van der Waals surface area contributed by atoms with Crippen LogP contribution < -0.4 is 0 Å². The van der Waals surface area contributed by atoms with Gasteiger partial charge in [-0.2, -0.15) is 0 Å². The molecule has 5 heteroatoms. The third-order valence-corrected chi connectivity index (χ3v) is 5.26. The maximum absolute atomic E-state index is 12.9. The molecule has 1 saturated heterocycles. The van der Waals surface area contributed by atoms with Gasteiger partial charge in [0.05, 0.1) is 11.6 Å². The minimum Gasteiger partial charge on any atom is -0.508 e. The Morgan fingerprint density at radius 3 is 2.20 bits per heavy atom. The predicted molar refractivity (Wildman–Crippen MR) is 114 cm³/mol. The van der Waals surface area contributed by atoms with Crippen molar-refractivity contribution in [2.24, 2.45) is 0 Å². The molecule has 0 saturated carbocycles. The molecule has 2 N–H and O–H groups in total. The highest BCUT2D eigenvalue weighted by Crippen LogP contribution is 2.40. The number of aliphatic hydroxyl groups is 1. The molecule has 4 rings (SSSR count). The van der Waals surface area contributed by atoms with Crippen molar-refractivity contribution < 1.29 is 19.8 Å². The summed E-state index contributed by atoms with van der Waals surface area (Å²) in [5, 5.41) is 20.9. The Labute approximate surface area is 174 Å². The van der Waals surface area contributed by atoms with Gasteiger partial charge < -0.3 is 15.1 Å². The molecule has 1 unspecified atom stereocenters. The summed E-state index contributed by atoms with van der Waals surface area (Å²) in [4.78, 5) is 27.3. The predicted octanol–water partition coefficient (Wildman–Crippen LogP) is 4.06. The number of rotatable bonds is 5. The first-order chi connectivity index (χ1) is 14.6. The quantitative estimate of drug-likeness (QED) is 0.385. The van der Waals surface area contributed by atoms with Gasteiger partial charge in [-0.05, 0) is 29.7 Å². The highest BCUT2D eigenvalue weighted by molar-refractivity contribution is 6.46. The van der Waals surface area contributed by atoms with Gasteiger partial charge >= 0.3 is 0 Å². The standard InChI is InChI=1S/C25H21NO4/c27-20-13-7-12-19(16-20)22-21(23(28)18-10-5-2-6-11-18)24(29)25(30)26(22)15-14-17-8-3-1-4-9-17/h1-13,16,22,27-28H,14-15H2/b23-21+. The van der Waals surface area contributed by atoms with Gasteiger partial charge in [0.15, 0.2) is 0 Å². The summed E-state index contributed by atoms with van der Waals surface area (Å²) in [5.74, 6) is -1.57. The number of likely N-dealkylation sites (tertiary alicyclic amines) is 1. The molecule has 1 amide bonds. The van der Waals surface area contributed by atoms with Crippen molar-refractivity contribution in [2.75, 3.05) is 6.54 Å². The third-order valence-electron chi connectivity index (χ3n) is 5.26. The minimum atomic E-state index is -0.777. The van der Waals surface area contributed by atoms with E-state index in [-0.39, 0.29) is 17.1 Å². The number of Topliss-reactive ketones (excluding diaryl/α,β-unsaturated/α-hetero) is 1. The first-order valence-corrected chi connectivity index (χ1v) is 9.73. The van der Waals surface area contributed by atoms with E-state index < -0.39 is 17.7 Å². The number of phenolic OH excluding ortho intramolecular Hbond substituents is 1. The lowest BCUT2D eigenvalue weighted by Gasteiger charge is -2.25. The van der Waals surface area contributed by atoms with Gasteiger partial charge in [0.1, 0.15) is 11.5 Å². The first-order valence-electron chi connectivity index (χ1n) is 9.73. The van der Waals surface area contributed by atoms with Crippen molar-refractivity contribution in [1.82, 2.24) is 4.90 Å². The molecule has 1 aliphatic heterocycles. The van der Waals surface area contributed by atoms with Crippen LogP contribution in [0.3, 0.4) is 0 Å². The Hall–Kier alpha value is -3.86. The molecule has 0 aliphatic carbocycles. The Balaban J connectivity index is 1.79. The van der Waals surface area contributed by atoms with Gasteiger partial charge in [0.25, 0.3) is 11.7 Å². The van der Waals surface area contributed by atoms with Crippen molar-refractivity contribution in [3.63, 3.8) is 0 Å². The average molecular weight is 399 g/mol. The number of benzene rings is 3. The second-order valence-electron chi connectivity index (χ2n) is 7.19. The summed E-state index contributed by atoms with van der Waals surface area (Å²) < 4.78 is 0. The van der Waals surface area contributed by atoms with E-state index in [1.807, 2.05) is 36.4 Å². The summed E-state index contributed by atoms with van der Waals surface area (Å²) in [6.45, 7) is 0.306. The molecule has 5 nitrogen and oxygen atoms in total. The lowest BCUT2D eigenvalue weighted by Crippen LogP contribution is -2.31. The fourth-order valence-corrected chi connectivity index (χ4v) is 3.80. The molecular formula is C25H21NO4. The zero-order valence-electron chi connectivity index (χ0n) is 16.2. The smallest absolute Gasteiger partial charge is 0.295 e. The number of nitrogens with zero attached hydrogens (tertiary/aromatic N) is 1. The van der Waals surface area contributed by atoms with Crippen LogP contribution in [0.4, 0.5) is 0 Å². The Morgan fingerprint density at radius 1 is 0.867 bits per heavy atom. The van der Waals surface area contributed by atoms with Crippen molar-refractivity contribution in [3.05, 3.63) is 107 Å². The summed E-state index contributed by atoms with van der Waals surface area (Å²) in [7, 11) is 0. The minimum absolute atomic E-state index is 0.0286. The molecule has 0 spiro atoms. The van der Waals surface area contributed by atoms with Crippen LogP contribution in [0, 0.1) is 0 Å². The first kappa shape index (κ1) is 19.5. The highest BCUT2D eigenvalue weighted by Gasteiger charge is 2.45. The van der Waals surface area contributed by atoms with Gasteiger partial charge in [-0.3, -0.25) is 9.59 Å². The maximum Gasteiger partial charge on any atom is 0.295 e. The summed E-state index contributed by atoms with van der Waals surface area (Å²) in [6.07, 6.45) is 0.564. The molecule has 0 aromatic heterocycles. The van der Waals surface area contributed by atoms with Gasteiger partial charge in [-0.25, -0.2) is 0 Å². The number of ketones is 1.